The number of imide groups is 2. The van der Waals surface area contributed by atoms with Crippen LogP contribution >= 0.6 is 0 Å². The fraction of sp³-hybridized carbons (Fsp3) is 0.115. The van der Waals surface area contributed by atoms with E-state index in [1.54, 1.807) is 18.2 Å². The number of nitrogens with one attached hydrogen (secondary N) is 1. The van der Waals surface area contributed by atoms with E-state index in [9.17, 15) is 24.5 Å². The van der Waals surface area contributed by atoms with Crippen molar-refractivity contribution in [2.24, 2.45) is 0 Å². The monoisotopic (exact) mass is 487 g/mol. The highest BCUT2D eigenvalue weighted by molar-refractivity contribution is 6.39. The number of rotatable bonds is 7. The summed E-state index contributed by atoms with van der Waals surface area (Å²) in [6, 6.07) is 16.7. The molecule has 0 unspecified atom stereocenters. The second kappa shape index (κ2) is 10.1. The average Bonchev–Trinajstić information content (AvgIpc) is 2.86. The van der Waals surface area contributed by atoms with E-state index in [-0.39, 0.29) is 16.9 Å². The molecule has 1 aliphatic heterocycles. The van der Waals surface area contributed by atoms with Crippen LogP contribution in [0.3, 0.4) is 0 Å². The first kappa shape index (κ1) is 24.1. The van der Waals surface area contributed by atoms with Crippen LogP contribution in [0.1, 0.15) is 16.7 Å². The summed E-state index contributed by atoms with van der Waals surface area (Å²) in [6.45, 7) is 2.32. The van der Waals surface area contributed by atoms with Gasteiger partial charge >= 0.3 is 6.03 Å². The molecule has 1 fully saturated rings. The first-order valence-corrected chi connectivity index (χ1v) is 10.8. The zero-order chi connectivity index (χ0) is 25.8. The van der Waals surface area contributed by atoms with Crippen molar-refractivity contribution < 1.29 is 28.8 Å². The third kappa shape index (κ3) is 5.07. The van der Waals surface area contributed by atoms with Gasteiger partial charge < -0.3 is 9.47 Å². The Morgan fingerprint density at radius 2 is 1.67 bits per heavy atom. The molecule has 10 nitrogen and oxygen atoms in total. The highest BCUT2D eigenvalue weighted by Gasteiger charge is 2.37. The molecule has 0 radical (unpaired) electrons. The SMILES string of the molecule is COc1cc(/C=C2\C(=O)NC(=O)N(c3ccc([N+](=O)[O-])cc3)C2=O)ccc1OCc1ccc(C)cc1. The minimum absolute atomic E-state index is 0.0823. The largest absolute Gasteiger partial charge is 0.493 e. The molecule has 3 aromatic carbocycles. The zero-order valence-electron chi connectivity index (χ0n) is 19.4. The number of urea groups is 1. The number of methoxy groups -OCH3 is 1. The minimum Gasteiger partial charge on any atom is -0.493 e. The maximum atomic E-state index is 13.1. The van der Waals surface area contributed by atoms with E-state index in [2.05, 4.69) is 5.32 Å². The van der Waals surface area contributed by atoms with Gasteiger partial charge in [-0.05, 0) is 48.4 Å². The molecule has 4 rings (SSSR count). The van der Waals surface area contributed by atoms with Crippen molar-refractivity contribution in [3.05, 3.63) is 99.1 Å². The maximum Gasteiger partial charge on any atom is 0.335 e. The van der Waals surface area contributed by atoms with Crippen LogP contribution in [0.2, 0.25) is 0 Å². The number of non-ortho nitro benzene ring substituents is 1. The van der Waals surface area contributed by atoms with E-state index >= 15 is 0 Å². The summed E-state index contributed by atoms with van der Waals surface area (Å²) >= 11 is 0. The van der Waals surface area contributed by atoms with Gasteiger partial charge in [-0.25, -0.2) is 9.69 Å². The lowest BCUT2D eigenvalue weighted by Crippen LogP contribution is -2.54. The molecule has 0 saturated carbocycles. The fourth-order valence-electron chi connectivity index (χ4n) is 3.52. The van der Waals surface area contributed by atoms with Crippen molar-refractivity contribution in [2.75, 3.05) is 12.0 Å². The normalized spacial score (nSPS) is 14.6. The number of carbonyl (C=O) groups excluding carboxylic acids is 3. The summed E-state index contributed by atoms with van der Waals surface area (Å²) < 4.78 is 11.3. The van der Waals surface area contributed by atoms with Crippen LogP contribution < -0.4 is 19.7 Å². The van der Waals surface area contributed by atoms with Crippen LogP contribution in [0.5, 0.6) is 11.5 Å². The second-order valence-electron chi connectivity index (χ2n) is 7.92. The highest BCUT2D eigenvalue weighted by atomic mass is 16.6. The Bertz CT molecular complexity index is 1380. The smallest absolute Gasteiger partial charge is 0.335 e. The number of nitrogens with zero attached hydrogens (tertiary/aromatic N) is 2. The molecule has 0 aromatic heterocycles. The summed E-state index contributed by atoms with van der Waals surface area (Å²) in [5.41, 5.74) is 2.18. The molecule has 182 valence electrons. The Hall–Kier alpha value is -4.99. The van der Waals surface area contributed by atoms with Gasteiger partial charge in [0.05, 0.1) is 17.7 Å². The van der Waals surface area contributed by atoms with E-state index in [4.69, 9.17) is 9.47 Å². The number of barbiturate groups is 1. The number of nitro benzene ring substituents is 1. The molecule has 0 atom stereocenters. The number of nitro groups is 1. The Morgan fingerprint density at radius 1 is 0.972 bits per heavy atom. The molecular formula is C26H21N3O7. The van der Waals surface area contributed by atoms with Crippen molar-refractivity contribution in [3.8, 4) is 11.5 Å². The van der Waals surface area contributed by atoms with Gasteiger partial charge in [0, 0.05) is 12.1 Å². The predicted molar refractivity (Wildman–Crippen MR) is 131 cm³/mol. The standard InChI is InChI=1S/C26H21N3O7/c1-16-3-5-17(6-4-16)15-36-22-12-7-18(14-23(22)35-2)13-21-24(30)27-26(32)28(25(21)31)19-8-10-20(11-9-19)29(33)34/h3-14H,15H2,1-2H3,(H,27,30,32)/b21-13+. The summed E-state index contributed by atoms with van der Waals surface area (Å²) in [6.07, 6.45) is 1.33. The lowest BCUT2D eigenvalue weighted by atomic mass is 10.1. The Kier molecular flexibility index (Phi) is 6.77. The molecule has 0 aliphatic carbocycles. The van der Waals surface area contributed by atoms with Gasteiger partial charge in [-0.15, -0.1) is 0 Å². The first-order valence-electron chi connectivity index (χ1n) is 10.8. The van der Waals surface area contributed by atoms with Gasteiger partial charge in [0.25, 0.3) is 17.5 Å². The summed E-state index contributed by atoms with van der Waals surface area (Å²) in [5, 5.41) is 13.0. The zero-order valence-corrected chi connectivity index (χ0v) is 19.4. The fourth-order valence-corrected chi connectivity index (χ4v) is 3.52. The van der Waals surface area contributed by atoms with Gasteiger partial charge in [0.2, 0.25) is 0 Å². The van der Waals surface area contributed by atoms with Crippen LogP contribution in [0, 0.1) is 17.0 Å². The topological polar surface area (TPSA) is 128 Å². The Balaban J connectivity index is 1.58. The molecule has 10 heteroatoms. The molecule has 1 heterocycles. The van der Waals surface area contributed by atoms with Crippen LogP contribution in [0.4, 0.5) is 16.2 Å². The molecule has 3 aromatic rings. The van der Waals surface area contributed by atoms with Gasteiger partial charge in [0.1, 0.15) is 12.2 Å². The third-order valence-electron chi connectivity index (χ3n) is 5.43. The lowest BCUT2D eigenvalue weighted by molar-refractivity contribution is -0.384. The van der Waals surface area contributed by atoms with Gasteiger partial charge in [-0.3, -0.25) is 25.0 Å². The van der Waals surface area contributed by atoms with Crippen molar-refractivity contribution >= 4 is 35.3 Å². The number of aryl methyl sites for hydroxylation is 1. The molecule has 0 bridgehead atoms. The van der Waals surface area contributed by atoms with E-state index in [1.807, 2.05) is 31.2 Å². The van der Waals surface area contributed by atoms with Crippen molar-refractivity contribution in [1.29, 1.82) is 0 Å². The minimum atomic E-state index is -0.951. The van der Waals surface area contributed by atoms with Gasteiger partial charge in [-0.1, -0.05) is 35.9 Å². The van der Waals surface area contributed by atoms with Crippen molar-refractivity contribution in [1.82, 2.24) is 5.32 Å². The van der Waals surface area contributed by atoms with Gasteiger partial charge in [-0.2, -0.15) is 0 Å². The molecule has 1 aliphatic rings. The number of anilines is 1. The highest BCUT2D eigenvalue weighted by Crippen LogP contribution is 2.31. The van der Waals surface area contributed by atoms with Crippen LogP contribution in [0.15, 0.2) is 72.3 Å². The number of amides is 4. The van der Waals surface area contributed by atoms with Crippen molar-refractivity contribution in [3.63, 3.8) is 0 Å². The van der Waals surface area contributed by atoms with E-state index in [1.165, 1.54) is 25.3 Å². The lowest BCUT2D eigenvalue weighted by Gasteiger charge is -2.26. The quantitative estimate of drug-likeness (QED) is 0.229. The molecule has 36 heavy (non-hydrogen) atoms. The van der Waals surface area contributed by atoms with Crippen LogP contribution in [0.25, 0.3) is 6.08 Å². The molecule has 1 saturated heterocycles. The third-order valence-corrected chi connectivity index (χ3v) is 5.43. The first-order chi connectivity index (χ1) is 17.3. The second-order valence-corrected chi connectivity index (χ2v) is 7.92. The molecular weight excluding hydrogens is 466 g/mol. The number of ether oxygens (including phenoxy) is 2. The number of benzene rings is 3. The molecule has 1 N–H and O–H groups in total. The maximum absolute atomic E-state index is 13.1. The molecule has 0 spiro atoms. The number of hydrogen-bond acceptors (Lipinski definition) is 7. The summed E-state index contributed by atoms with van der Waals surface area (Å²) in [5.74, 6) is -0.858. The predicted octanol–water partition coefficient (Wildman–Crippen LogP) is 4.16. The Morgan fingerprint density at radius 3 is 2.31 bits per heavy atom. The number of hydrogen-bond donors (Lipinski definition) is 1. The summed E-state index contributed by atoms with van der Waals surface area (Å²) in [4.78, 5) is 48.9. The molecule has 4 amide bonds. The Labute approximate surface area is 205 Å². The van der Waals surface area contributed by atoms with Crippen LogP contribution in [-0.2, 0) is 16.2 Å². The summed E-state index contributed by atoms with van der Waals surface area (Å²) in [7, 11) is 1.47. The van der Waals surface area contributed by atoms with Crippen molar-refractivity contribution in [2.45, 2.75) is 13.5 Å². The van der Waals surface area contributed by atoms with E-state index in [0.29, 0.717) is 23.7 Å². The van der Waals surface area contributed by atoms with E-state index < -0.39 is 22.8 Å². The average molecular weight is 487 g/mol. The van der Waals surface area contributed by atoms with Crippen LogP contribution in [-0.4, -0.2) is 29.9 Å². The van der Waals surface area contributed by atoms with Gasteiger partial charge in [0.15, 0.2) is 11.5 Å². The van der Waals surface area contributed by atoms with E-state index in [0.717, 1.165) is 28.2 Å². The number of carbonyl (C=O) groups is 3.